The molecule has 1 fully saturated rings. The molecule has 0 radical (unpaired) electrons. The maximum Gasteiger partial charge on any atom is 0.0215 e. The average molecular weight is 198 g/mol. The van der Waals surface area contributed by atoms with E-state index in [4.69, 9.17) is 5.73 Å². The summed E-state index contributed by atoms with van der Waals surface area (Å²) in [4.78, 5) is 2.48. The summed E-state index contributed by atoms with van der Waals surface area (Å²) in [6, 6.07) is 0.627. The molecule has 0 amide bonds. The highest BCUT2D eigenvalue weighted by molar-refractivity contribution is 4.79. The summed E-state index contributed by atoms with van der Waals surface area (Å²) in [6.07, 6.45) is 8.17. The van der Waals surface area contributed by atoms with Crippen molar-refractivity contribution in [2.45, 2.75) is 51.5 Å². The zero-order valence-electron chi connectivity index (χ0n) is 9.84. The Kier molecular flexibility index (Phi) is 5.49. The third-order valence-corrected chi connectivity index (χ3v) is 3.28. The third-order valence-electron chi connectivity index (χ3n) is 3.28. The van der Waals surface area contributed by atoms with Gasteiger partial charge >= 0.3 is 0 Å². The van der Waals surface area contributed by atoms with E-state index in [1.807, 2.05) is 0 Å². The Morgan fingerprint density at radius 2 is 2.07 bits per heavy atom. The van der Waals surface area contributed by atoms with Gasteiger partial charge in [0.1, 0.15) is 0 Å². The van der Waals surface area contributed by atoms with Crippen LogP contribution in [0.2, 0.25) is 0 Å². The van der Waals surface area contributed by atoms with Gasteiger partial charge in [0, 0.05) is 19.1 Å². The smallest absolute Gasteiger partial charge is 0.0215 e. The molecule has 1 saturated carbocycles. The first kappa shape index (κ1) is 12.0. The molecule has 0 saturated heterocycles. The molecular formula is C12H26N2. The third kappa shape index (κ3) is 4.43. The Morgan fingerprint density at radius 1 is 1.36 bits per heavy atom. The van der Waals surface area contributed by atoms with Gasteiger partial charge in [0.05, 0.1) is 0 Å². The van der Waals surface area contributed by atoms with Crippen LogP contribution in [-0.4, -0.2) is 31.1 Å². The van der Waals surface area contributed by atoms with Crippen LogP contribution in [0.1, 0.15) is 45.4 Å². The zero-order chi connectivity index (χ0) is 10.4. The van der Waals surface area contributed by atoms with Crippen molar-refractivity contribution in [1.82, 2.24) is 4.90 Å². The Bertz CT molecular complexity index is 143. The summed E-state index contributed by atoms with van der Waals surface area (Å²) >= 11 is 0. The average Bonchev–Trinajstić information content (AvgIpc) is 2.96. The minimum absolute atomic E-state index is 0.627. The number of rotatable bonds is 8. The van der Waals surface area contributed by atoms with Gasteiger partial charge in [-0.1, -0.05) is 26.2 Å². The van der Waals surface area contributed by atoms with Crippen molar-refractivity contribution in [2.75, 3.05) is 20.1 Å². The first-order valence-corrected chi connectivity index (χ1v) is 6.18. The minimum atomic E-state index is 0.627. The molecule has 1 unspecified atom stereocenters. The standard InChI is InChI=1S/C12H26N2/c1-3-4-5-6-12(9-13)14(2)10-11-7-8-11/h11-12H,3-10,13H2,1-2H3. The fraction of sp³-hybridized carbons (Fsp3) is 1.00. The maximum absolute atomic E-state index is 5.81. The van der Waals surface area contributed by atoms with Crippen LogP contribution in [0.5, 0.6) is 0 Å². The highest BCUT2D eigenvalue weighted by Gasteiger charge is 2.25. The molecule has 14 heavy (non-hydrogen) atoms. The molecule has 1 rings (SSSR count). The van der Waals surface area contributed by atoms with Crippen LogP contribution in [-0.2, 0) is 0 Å². The van der Waals surface area contributed by atoms with Gasteiger partial charge in [-0.05, 0) is 32.2 Å². The lowest BCUT2D eigenvalue weighted by molar-refractivity contribution is 0.222. The molecule has 0 aliphatic heterocycles. The SMILES string of the molecule is CCCCCC(CN)N(C)CC1CC1. The Hall–Kier alpha value is -0.0800. The zero-order valence-corrected chi connectivity index (χ0v) is 9.84. The van der Waals surface area contributed by atoms with Crippen LogP contribution >= 0.6 is 0 Å². The van der Waals surface area contributed by atoms with Crippen molar-refractivity contribution in [1.29, 1.82) is 0 Å². The Balaban J connectivity index is 2.13. The first-order valence-electron chi connectivity index (χ1n) is 6.18. The molecule has 0 aromatic rings. The molecule has 2 nitrogen and oxygen atoms in total. The second-order valence-electron chi connectivity index (χ2n) is 4.77. The topological polar surface area (TPSA) is 29.3 Å². The predicted octanol–water partition coefficient (Wildman–Crippen LogP) is 2.24. The van der Waals surface area contributed by atoms with Crippen molar-refractivity contribution >= 4 is 0 Å². The monoisotopic (exact) mass is 198 g/mol. The largest absolute Gasteiger partial charge is 0.329 e. The van der Waals surface area contributed by atoms with Crippen molar-refractivity contribution in [3.63, 3.8) is 0 Å². The highest BCUT2D eigenvalue weighted by atomic mass is 15.1. The molecule has 1 aliphatic rings. The van der Waals surface area contributed by atoms with E-state index in [9.17, 15) is 0 Å². The van der Waals surface area contributed by atoms with E-state index in [1.165, 1.54) is 45.1 Å². The van der Waals surface area contributed by atoms with E-state index in [2.05, 4.69) is 18.9 Å². The molecule has 2 N–H and O–H groups in total. The number of likely N-dealkylation sites (N-methyl/N-ethyl adjacent to an activating group) is 1. The van der Waals surface area contributed by atoms with Crippen LogP contribution in [0.4, 0.5) is 0 Å². The predicted molar refractivity (Wildman–Crippen MR) is 62.3 cm³/mol. The summed E-state index contributed by atoms with van der Waals surface area (Å²) < 4.78 is 0. The molecule has 1 atom stereocenters. The van der Waals surface area contributed by atoms with Crippen LogP contribution in [0.3, 0.4) is 0 Å². The van der Waals surface area contributed by atoms with Crippen LogP contribution in [0.25, 0.3) is 0 Å². The van der Waals surface area contributed by atoms with E-state index < -0.39 is 0 Å². The number of unbranched alkanes of at least 4 members (excludes halogenated alkanes) is 2. The molecule has 0 spiro atoms. The van der Waals surface area contributed by atoms with Gasteiger partial charge in [0.15, 0.2) is 0 Å². The fourth-order valence-corrected chi connectivity index (χ4v) is 2.00. The van der Waals surface area contributed by atoms with Gasteiger partial charge in [0.2, 0.25) is 0 Å². The van der Waals surface area contributed by atoms with Gasteiger partial charge in [-0.15, -0.1) is 0 Å². The van der Waals surface area contributed by atoms with E-state index in [-0.39, 0.29) is 0 Å². The van der Waals surface area contributed by atoms with Gasteiger partial charge in [-0.25, -0.2) is 0 Å². The van der Waals surface area contributed by atoms with Crippen LogP contribution in [0.15, 0.2) is 0 Å². The number of hydrogen-bond donors (Lipinski definition) is 1. The van der Waals surface area contributed by atoms with Gasteiger partial charge in [-0.2, -0.15) is 0 Å². The fourth-order valence-electron chi connectivity index (χ4n) is 2.00. The Labute approximate surface area is 88.8 Å². The summed E-state index contributed by atoms with van der Waals surface area (Å²) in [5.41, 5.74) is 5.81. The molecule has 0 bridgehead atoms. The number of hydrogen-bond acceptors (Lipinski definition) is 2. The van der Waals surface area contributed by atoms with Gasteiger partial charge in [-0.3, -0.25) is 0 Å². The quantitative estimate of drug-likeness (QED) is 0.606. The van der Waals surface area contributed by atoms with E-state index in [0.717, 1.165) is 12.5 Å². The first-order chi connectivity index (χ1) is 6.77. The molecule has 1 aliphatic carbocycles. The van der Waals surface area contributed by atoms with E-state index >= 15 is 0 Å². The summed E-state index contributed by atoms with van der Waals surface area (Å²) in [7, 11) is 2.24. The minimum Gasteiger partial charge on any atom is -0.329 e. The van der Waals surface area contributed by atoms with Crippen molar-refractivity contribution < 1.29 is 0 Å². The van der Waals surface area contributed by atoms with Crippen LogP contribution < -0.4 is 5.73 Å². The number of nitrogens with two attached hydrogens (primary N) is 1. The summed E-state index contributed by atoms with van der Waals surface area (Å²) in [5, 5.41) is 0. The lowest BCUT2D eigenvalue weighted by Crippen LogP contribution is -2.39. The molecule has 0 aromatic carbocycles. The van der Waals surface area contributed by atoms with Crippen molar-refractivity contribution in [3.8, 4) is 0 Å². The molecular weight excluding hydrogens is 172 g/mol. The van der Waals surface area contributed by atoms with E-state index in [0.29, 0.717) is 6.04 Å². The van der Waals surface area contributed by atoms with E-state index in [1.54, 1.807) is 0 Å². The number of nitrogens with zero attached hydrogens (tertiary/aromatic N) is 1. The maximum atomic E-state index is 5.81. The van der Waals surface area contributed by atoms with Crippen molar-refractivity contribution in [3.05, 3.63) is 0 Å². The molecule has 84 valence electrons. The van der Waals surface area contributed by atoms with Gasteiger partial charge in [0.25, 0.3) is 0 Å². The molecule has 2 heteroatoms. The summed E-state index contributed by atoms with van der Waals surface area (Å²) in [6.45, 7) is 4.35. The van der Waals surface area contributed by atoms with Crippen LogP contribution in [0, 0.1) is 5.92 Å². The normalized spacial score (nSPS) is 18.9. The second kappa shape index (κ2) is 6.41. The molecule has 0 heterocycles. The molecule has 0 aromatic heterocycles. The lowest BCUT2D eigenvalue weighted by Gasteiger charge is -2.26. The lowest BCUT2D eigenvalue weighted by atomic mass is 10.1. The van der Waals surface area contributed by atoms with Crippen molar-refractivity contribution in [2.24, 2.45) is 11.7 Å². The Morgan fingerprint density at radius 3 is 2.57 bits per heavy atom. The summed E-state index contributed by atoms with van der Waals surface area (Å²) in [5.74, 6) is 0.986. The second-order valence-corrected chi connectivity index (χ2v) is 4.77. The highest BCUT2D eigenvalue weighted by Crippen LogP contribution is 2.30. The van der Waals surface area contributed by atoms with Gasteiger partial charge < -0.3 is 10.6 Å².